The molecule has 1 atom stereocenters. The second-order valence-corrected chi connectivity index (χ2v) is 7.44. The number of carbonyl (C=O) groups excluding carboxylic acids is 1. The molecule has 1 amide bonds. The van der Waals surface area contributed by atoms with Gasteiger partial charge in [0.05, 0.1) is 16.3 Å². The number of aromatic nitrogens is 2. The summed E-state index contributed by atoms with van der Waals surface area (Å²) < 4.78 is 15.0. The molecular weight excluding hydrogens is 375 g/mol. The van der Waals surface area contributed by atoms with Gasteiger partial charge in [0.15, 0.2) is 0 Å². The molecule has 3 heterocycles. The molecule has 1 unspecified atom stereocenters. The summed E-state index contributed by atoms with van der Waals surface area (Å²) in [6, 6.07) is 8.46. The van der Waals surface area contributed by atoms with E-state index in [0.29, 0.717) is 6.04 Å². The molecule has 8 heteroatoms. The van der Waals surface area contributed by atoms with Crippen molar-refractivity contribution in [3.8, 4) is 5.69 Å². The standard InChI is InChI=1S/C18H19FN4OS.ClH/c1-11-10-22(8-7-20-11)17(24)16-9-15-12(2)21-23(18(15)25-16)14-5-3-13(19)4-6-14;/h3-6,9,11,20H,7-8,10H2,1-2H3;1H. The van der Waals surface area contributed by atoms with E-state index in [9.17, 15) is 9.18 Å². The molecule has 0 bridgehead atoms. The summed E-state index contributed by atoms with van der Waals surface area (Å²) in [5, 5.41) is 8.87. The summed E-state index contributed by atoms with van der Waals surface area (Å²) in [5.74, 6) is -0.210. The molecule has 3 aromatic rings. The average Bonchev–Trinajstić information content (AvgIpc) is 3.16. The summed E-state index contributed by atoms with van der Waals surface area (Å²) in [7, 11) is 0. The highest BCUT2D eigenvalue weighted by molar-refractivity contribution is 7.20. The zero-order valence-corrected chi connectivity index (χ0v) is 16.2. The van der Waals surface area contributed by atoms with Crippen LogP contribution >= 0.6 is 23.7 Å². The normalized spacial score (nSPS) is 17.3. The van der Waals surface area contributed by atoms with Gasteiger partial charge < -0.3 is 10.2 Å². The first-order chi connectivity index (χ1) is 12.0. The number of hydrogen-bond donors (Lipinski definition) is 1. The van der Waals surface area contributed by atoms with Crippen molar-refractivity contribution in [3.63, 3.8) is 0 Å². The van der Waals surface area contributed by atoms with E-state index in [1.807, 2.05) is 17.9 Å². The number of fused-ring (bicyclic) bond motifs is 1. The van der Waals surface area contributed by atoms with Gasteiger partial charge in [-0.25, -0.2) is 9.07 Å². The van der Waals surface area contributed by atoms with E-state index in [2.05, 4.69) is 17.3 Å². The van der Waals surface area contributed by atoms with Crippen molar-refractivity contribution in [1.29, 1.82) is 0 Å². The fourth-order valence-electron chi connectivity index (χ4n) is 3.18. The van der Waals surface area contributed by atoms with Crippen molar-refractivity contribution in [3.05, 3.63) is 46.7 Å². The smallest absolute Gasteiger partial charge is 0.264 e. The molecule has 1 saturated heterocycles. The lowest BCUT2D eigenvalue weighted by molar-refractivity contribution is 0.0714. The van der Waals surface area contributed by atoms with Gasteiger partial charge in [-0.05, 0) is 44.2 Å². The summed E-state index contributed by atoms with van der Waals surface area (Å²) in [4.78, 5) is 16.4. The Morgan fingerprint density at radius 3 is 2.77 bits per heavy atom. The molecule has 1 aliphatic rings. The Labute approximate surface area is 161 Å². The minimum absolute atomic E-state index is 0. The molecule has 5 nitrogen and oxygen atoms in total. The molecule has 0 saturated carbocycles. The van der Waals surface area contributed by atoms with E-state index >= 15 is 0 Å². The van der Waals surface area contributed by atoms with Gasteiger partial charge in [0.2, 0.25) is 0 Å². The van der Waals surface area contributed by atoms with Crippen LogP contribution in [-0.2, 0) is 0 Å². The third kappa shape index (κ3) is 3.34. The highest BCUT2D eigenvalue weighted by atomic mass is 35.5. The van der Waals surface area contributed by atoms with Gasteiger partial charge >= 0.3 is 0 Å². The van der Waals surface area contributed by atoms with Crippen molar-refractivity contribution in [2.24, 2.45) is 0 Å². The average molecular weight is 395 g/mol. The lowest BCUT2D eigenvalue weighted by Crippen LogP contribution is -2.51. The number of amides is 1. The van der Waals surface area contributed by atoms with Gasteiger partial charge in [0, 0.05) is 31.1 Å². The first-order valence-electron chi connectivity index (χ1n) is 8.30. The van der Waals surface area contributed by atoms with Crippen LogP contribution in [0.25, 0.3) is 15.9 Å². The number of halogens is 2. The molecule has 138 valence electrons. The fourth-order valence-corrected chi connectivity index (χ4v) is 4.33. The van der Waals surface area contributed by atoms with Crippen LogP contribution in [0.15, 0.2) is 30.3 Å². The van der Waals surface area contributed by atoms with Crippen molar-refractivity contribution >= 4 is 39.9 Å². The van der Waals surface area contributed by atoms with Gasteiger partial charge in [-0.2, -0.15) is 5.10 Å². The third-order valence-electron chi connectivity index (χ3n) is 4.48. The molecule has 0 spiro atoms. The Balaban J connectivity index is 0.00000196. The summed E-state index contributed by atoms with van der Waals surface area (Å²) in [5.41, 5.74) is 1.65. The van der Waals surface area contributed by atoms with Crippen molar-refractivity contribution in [1.82, 2.24) is 20.0 Å². The lowest BCUT2D eigenvalue weighted by Gasteiger charge is -2.31. The Kier molecular flexibility index (Phi) is 5.32. The first-order valence-corrected chi connectivity index (χ1v) is 9.12. The first kappa shape index (κ1) is 18.8. The van der Waals surface area contributed by atoms with E-state index in [0.717, 1.165) is 46.1 Å². The van der Waals surface area contributed by atoms with E-state index in [-0.39, 0.29) is 24.1 Å². The van der Waals surface area contributed by atoms with Crippen LogP contribution in [0, 0.1) is 12.7 Å². The van der Waals surface area contributed by atoms with Gasteiger partial charge in [-0.15, -0.1) is 23.7 Å². The monoisotopic (exact) mass is 394 g/mol. The molecule has 1 aromatic carbocycles. The van der Waals surface area contributed by atoms with Crippen molar-refractivity contribution in [2.75, 3.05) is 19.6 Å². The molecule has 26 heavy (non-hydrogen) atoms. The number of carbonyl (C=O) groups is 1. The SMILES string of the molecule is Cc1nn(-c2ccc(F)cc2)c2sc(C(=O)N3CCNC(C)C3)cc12.Cl. The lowest BCUT2D eigenvalue weighted by atomic mass is 10.2. The van der Waals surface area contributed by atoms with Crippen LogP contribution in [0.2, 0.25) is 0 Å². The highest BCUT2D eigenvalue weighted by Crippen LogP contribution is 2.31. The van der Waals surface area contributed by atoms with Crippen LogP contribution in [0.5, 0.6) is 0 Å². The van der Waals surface area contributed by atoms with E-state index in [1.165, 1.54) is 23.5 Å². The molecular formula is C18H20ClFN4OS. The van der Waals surface area contributed by atoms with Gasteiger partial charge in [-0.3, -0.25) is 4.79 Å². The predicted octanol–water partition coefficient (Wildman–Crippen LogP) is 3.39. The Bertz CT molecular complexity index is 937. The summed E-state index contributed by atoms with van der Waals surface area (Å²) >= 11 is 1.44. The maximum absolute atomic E-state index is 13.2. The van der Waals surface area contributed by atoms with Gasteiger partial charge in [-0.1, -0.05) is 0 Å². The van der Waals surface area contributed by atoms with Crippen molar-refractivity contribution < 1.29 is 9.18 Å². The number of hydrogen-bond acceptors (Lipinski definition) is 4. The Morgan fingerprint density at radius 2 is 2.08 bits per heavy atom. The number of nitrogens with zero attached hydrogens (tertiary/aromatic N) is 3. The molecule has 1 N–H and O–H groups in total. The quantitative estimate of drug-likeness (QED) is 0.724. The number of nitrogens with one attached hydrogen (secondary N) is 1. The van der Waals surface area contributed by atoms with Crippen LogP contribution in [0.4, 0.5) is 4.39 Å². The number of benzene rings is 1. The Morgan fingerprint density at radius 1 is 1.35 bits per heavy atom. The topological polar surface area (TPSA) is 50.2 Å². The number of thiophene rings is 1. The largest absolute Gasteiger partial charge is 0.335 e. The number of piperazine rings is 1. The molecule has 0 aliphatic carbocycles. The molecule has 2 aromatic heterocycles. The second-order valence-electron chi connectivity index (χ2n) is 6.41. The second kappa shape index (κ2) is 7.34. The van der Waals surface area contributed by atoms with E-state index in [4.69, 9.17) is 0 Å². The predicted molar refractivity (Wildman–Crippen MR) is 104 cm³/mol. The maximum Gasteiger partial charge on any atom is 0.264 e. The van der Waals surface area contributed by atoms with Gasteiger partial charge in [0.25, 0.3) is 5.91 Å². The van der Waals surface area contributed by atoms with Crippen molar-refractivity contribution in [2.45, 2.75) is 19.9 Å². The van der Waals surface area contributed by atoms with Crippen LogP contribution in [0.3, 0.4) is 0 Å². The Hall–Kier alpha value is -1.96. The molecule has 1 aliphatic heterocycles. The minimum atomic E-state index is -0.279. The van der Waals surface area contributed by atoms with Crippen LogP contribution < -0.4 is 5.32 Å². The van der Waals surface area contributed by atoms with E-state index in [1.54, 1.807) is 16.8 Å². The number of rotatable bonds is 2. The van der Waals surface area contributed by atoms with Crippen LogP contribution in [-0.4, -0.2) is 46.3 Å². The molecule has 0 radical (unpaired) electrons. The number of aryl methyl sites for hydroxylation is 1. The fraction of sp³-hybridized carbons (Fsp3) is 0.333. The summed E-state index contributed by atoms with van der Waals surface area (Å²) in [6.45, 7) is 6.27. The zero-order valence-electron chi connectivity index (χ0n) is 14.5. The summed E-state index contributed by atoms with van der Waals surface area (Å²) in [6.07, 6.45) is 0. The highest BCUT2D eigenvalue weighted by Gasteiger charge is 2.24. The zero-order chi connectivity index (χ0) is 17.6. The molecule has 4 rings (SSSR count). The minimum Gasteiger partial charge on any atom is -0.335 e. The molecule has 1 fully saturated rings. The van der Waals surface area contributed by atoms with Crippen LogP contribution in [0.1, 0.15) is 22.3 Å². The van der Waals surface area contributed by atoms with E-state index < -0.39 is 0 Å². The maximum atomic E-state index is 13.2. The van der Waals surface area contributed by atoms with Gasteiger partial charge in [0.1, 0.15) is 10.6 Å². The third-order valence-corrected chi connectivity index (χ3v) is 5.58.